The van der Waals surface area contributed by atoms with Crippen LogP contribution in [0, 0.1) is 17.2 Å². The number of ether oxygens (including phenoxy) is 1. The van der Waals surface area contributed by atoms with Gasteiger partial charge in [0, 0.05) is 11.4 Å². The van der Waals surface area contributed by atoms with E-state index < -0.39 is 16.1 Å². The van der Waals surface area contributed by atoms with Crippen LogP contribution >= 0.6 is 11.3 Å². The Labute approximate surface area is 186 Å². The van der Waals surface area contributed by atoms with Crippen molar-refractivity contribution in [1.82, 2.24) is 4.31 Å². The van der Waals surface area contributed by atoms with Gasteiger partial charge in [0.15, 0.2) is 0 Å². The lowest BCUT2D eigenvalue weighted by atomic mass is 9.88. The van der Waals surface area contributed by atoms with Gasteiger partial charge in [-0.25, -0.2) is 8.42 Å². The zero-order valence-electron chi connectivity index (χ0n) is 17.6. The fraction of sp³-hybridized carbons (Fsp3) is 0.455. The molecule has 0 bridgehead atoms. The molecule has 0 spiro atoms. The molecule has 1 aliphatic carbocycles. The number of hydrogen-bond donors (Lipinski definition) is 1. The fourth-order valence-electron chi connectivity index (χ4n) is 4.33. The molecule has 9 heteroatoms. The van der Waals surface area contributed by atoms with Crippen LogP contribution in [0.15, 0.2) is 29.2 Å². The van der Waals surface area contributed by atoms with Crippen molar-refractivity contribution in [1.29, 1.82) is 5.26 Å². The van der Waals surface area contributed by atoms with Crippen molar-refractivity contribution in [2.75, 3.05) is 19.0 Å². The summed E-state index contributed by atoms with van der Waals surface area (Å²) in [6, 6.07) is 7.61. The minimum absolute atomic E-state index is 0.131. The molecule has 164 valence electrons. The molecule has 1 aromatic heterocycles. The predicted molar refractivity (Wildman–Crippen MR) is 119 cm³/mol. The molecule has 1 saturated heterocycles. The smallest absolute Gasteiger partial charge is 0.243 e. The van der Waals surface area contributed by atoms with Crippen LogP contribution in [-0.4, -0.2) is 38.3 Å². The van der Waals surface area contributed by atoms with Gasteiger partial charge in [-0.05, 0) is 67.9 Å². The standard InChI is InChI=1S/C22H25N3O4S2/c1-14-5-10-17-18(13-23)22(30-20(17)12-14)24-21(26)19-4-3-11-25(19)31(27,28)16-8-6-15(29-2)7-9-16/h6-9,14,19H,3-5,10-12H2,1-2H3,(H,24,26). The first-order chi connectivity index (χ1) is 14.8. The van der Waals surface area contributed by atoms with Gasteiger partial charge in [0.2, 0.25) is 15.9 Å². The van der Waals surface area contributed by atoms with Gasteiger partial charge in [-0.15, -0.1) is 11.3 Å². The molecule has 4 rings (SSSR count). The average Bonchev–Trinajstić information content (AvgIpc) is 3.38. The Kier molecular flexibility index (Phi) is 6.06. The van der Waals surface area contributed by atoms with Crippen LogP contribution in [0.2, 0.25) is 0 Å². The van der Waals surface area contributed by atoms with Crippen molar-refractivity contribution in [3.05, 3.63) is 40.3 Å². The normalized spacial score (nSPS) is 21.3. The number of thiophene rings is 1. The first-order valence-electron chi connectivity index (χ1n) is 10.4. The minimum atomic E-state index is -3.82. The van der Waals surface area contributed by atoms with E-state index in [0.29, 0.717) is 35.1 Å². The summed E-state index contributed by atoms with van der Waals surface area (Å²) in [7, 11) is -2.30. The zero-order chi connectivity index (χ0) is 22.2. The Bertz CT molecular complexity index is 1130. The van der Waals surface area contributed by atoms with Crippen molar-refractivity contribution in [3.63, 3.8) is 0 Å². The van der Waals surface area contributed by atoms with Gasteiger partial charge in [0.25, 0.3) is 0 Å². The van der Waals surface area contributed by atoms with E-state index in [1.54, 1.807) is 12.1 Å². The maximum atomic E-state index is 13.2. The summed E-state index contributed by atoms with van der Waals surface area (Å²) in [4.78, 5) is 14.4. The highest BCUT2D eigenvalue weighted by Gasteiger charge is 2.40. The molecule has 2 aromatic rings. The van der Waals surface area contributed by atoms with E-state index in [9.17, 15) is 18.5 Å². The first-order valence-corrected chi connectivity index (χ1v) is 12.6. The Balaban J connectivity index is 1.57. The number of rotatable bonds is 5. The van der Waals surface area contributed by atoms with E-state index in [1.807, 2.05) is 0 Å². The summed E-state index contributed by atoms with van der Waals surface area (Å²) in [5, 5.41) is 13.1. The number of nitriles is 1. The van der Waals surface area contributed by atoms with E-state index in [1.165, 1.54) is 34.9 Å². The second-order valence-electron chi connectivity index (χ2n) is 8.11. The predicted octanol–water partition coefficient (Wildman–Crippen LogP) is 3.54. The molecule has 0 radical (unpaired) electrons. The van der Waals surface area contributed by atoms with Crippen LogP contribution < -0.4 is 10.1 Å². The van der Waals surface area contributed by atoms with Gasteiger partial charge in [-0.2, -0.15) is 9.57 Å². The van der Waals surface area contributed by atoms with Crippen molar-refractivity contribution in [2.24, 2.45) is 5.92 Å². The third kappa shape index (κ3) is 4.07. The summed E-state index contributed by atoms with van der Waals surface area (Å²) < 4.78 is 32.7. The van der Waals surface area contributed by atoms with Crippen LogP contribution in [0.3, 0.4) is 0 Å². The van der Waals surface area contributed by atoms with E-state index >= 15 is 0 Å². The molecule has 2 unspecified atom stereocenters. The van der Waals surface area contributed by atoms with Crippen molar-refractivity contribution in [2.45, 2.75) is 50.0 Å². The third-order valence-electron chi connectivity index (χ3n) is 6.03. The number of benzene rings is 1. The maximum absolute atomic E-state index is 13.2. The van der Waals surface area contributed by atoms with Crippen LogP contribution in [-0.2, 0) is 27.7 Å². The summed E-state index contributed by atoms with van der Waals surface area (Å²) in [5.41, 5.74) is 1.57. The van der Waals surface area contributed by atoms with E-state index in [0.717, 1.165) is 29.7 Å². The molecule has 1 fully saturated rings. The van der Waals surface area contributed by atoms with Crippen molar-refractivity contribution < 1.29 is 17.9 Å². The van der Waals surface area contributed by atoms with Gasteiger partial charge in [-0.3, -0.25) is 4.79 Å². The number of anilines is 1. The van der Waals surface area contributed by atoms with Crippen molar-refractivity contribution in [3.8, 4) is 11.8 Å². The van der Waals surface area contributed by atoms with Crippen LogP contribution in [0.25, 0.3) is 0 Å². The molecule has 2 aliphatic rings. The lowest BCUT2D eigenvalue weighted by Gasteiger charge is -2.23. The van der Waals surface area contributed by atoms with Crippen LogP contribution in [0.4, 0.5) is 5.00 Å². The molecular weight excluding hydrogens is 434 g/mol. The average molecular weight is 460 g/mol. The van der Waals surface area contributed by atoms with E-state index in [-0.39, 0.29) is 17.3 Å². The highest BCUT2D eigenvalue weighted by molar-refractivity contribution is 7.89. The lowest BCUT2D eigenvalue weighted by molar-refractivity contribution is -0.119. The molecule has 2 atom stereocenters. The summed E-state index contributed by atoms with van der Waals surface area (Å²) in [5.74, 6) is 0.744. The van der Waals surface area contributed by atoms with Crippen molar-refractivity contribution >= 4 is 32.3 Å². The summed E-state index contributed by atoms with van der Waals surface area (Å²) in [6.07, 6.45) is 3.84. The van der Waals surface area contributed by atoms with Gasteiger partial charge < -0.3 is 10.1 Å². The molecular formula is C22H25N3O4S2. The Morgan fingerprint density at radius 2 is 2.03 bits per heavy atom. The van der Waals surface area contributed by atoms with Crippen LogP contribution in [0.1, 0.15) is 42.2 Å². The number of nitrogens with one attached hydrogen (secondary N) is 1. The number of carbonyl (C=O) groups is 1. The topological polar surface area (TPSA) is 99.5 Å². The number of fused-ring (bicyclic) bond motifs is 1. The maximum Gasteiger partial charge on any atom is 0.243 e. The molecule has 7 nitrogen and oxygen atoms in total. The molecule has 2 heterocycles. The largest absolute Gasteiger partial charge is 0.497 e. The van der Waals surface area contributed by atoms with Gasteiger partial charge in [0.1, 0.15) is 22.9 Å². The molecule has 1 aromatic carbocycles. The first kappa shape index (κ1) is 21.8. The number of nitrogens with zero attached hydrogens (tertiary/aromatic N) is 2. The molecule has 1 amide bonds. The second-order valence-corrected chi connectivity index (χ2v) is 11.1. The number of hydrogen-bond acceptors (Lipinski definition) is 6. The van der Waals surface area contributed by atoms with E-state index in [4.69, 9.17) is 4.74 Å². The zero-order valence-corrected chi connectivity index (χ0v) is 19.2. The Hall–Kier alpha value is -2.41. The number of sulfonamides is 1. The lowest BCUT2D eigenvalue weighted by Crippen LogP contribution is -2.43. The number of amides is 1. The quantitative estimate of drug-likeness (QED) is 0.737. The minimum Gasteiger partial charge on any atom is -0.497 e. The summed E-state index contributed by atoms with van der Waals surface area (Å²) >= 11 is 1.45. The van der Waals surface area contributed by atoms with Gasteiger partial charge >= 0.3 is 0 Å². The Morgan fingerprint density at radius 1 is 1.29 bits per heavy atom. The van der Waals surface area contributed by atoms with Crippen LogP contribution in [0.5, 0.6) is 5.75 Å². The van der Waals surface area contributed by atoms with E-state index in [2.05, 4.69) is 18.3 Å². The molecule has 1 aliphatic heterocycles. The number of methoxy groups -OCH3 is 1. The highest BCUT2D eigenvalue weighted by atomic mass is 32.2. The SMILES string of the molecule is COc1ccc(S(=O)(=O)N2CCCC2C(=O)Nc2sc3c(c2C#N)CCC(C)C3)cc1. The number of carbonyl (C=O) groups excluding carboxylic acids is 1. The summed E-state index contributed by atoms with van der Waals surface area (Å²) in [6.45, 7) is 2.48. The van der Waals surface area contributed by atoms with Gasteiger partial charge in [0.05, 0.1) is 17.6 Å². The highest BCUT2D eigenvalue weighted by Crippen LogP contribution is 2.39. The monoisotopic (exact) mass is 459 g/mol. The second kappa shape index (κ2) is 8.61. The van der Waals surface area contributed by atoms with Gasteiger partial charge in [-0.1, -0.05) is 6.92 Å². The molecule has 0 saturated carbocycles. The molecule has 1 N–H and O–H groups in total. The third-order valence-corrected chi connectivity index (χ3v) is 9.12. The fourth-order valence-corrected chi connectivity index (χ4v) is 7.35. The Morgan fingerprint density at radius 3 is 2.71 bits per heavy atom. The molecule has 31 heavy (non-hydrogen) atoms.